The molecule has 84 valence electrons. The molecule has 0 aliphatic carbocycles. The number of rotatable bonds is 5. The van der Waals surface area contributed by atoms with Crippen molar-refractivity contribution in [1.29, 1.82) is 0 Å². The van der Waals surface area contributed by atoms with Crippen molar-refractivity contribution in [3.8, 4) is 5.75 Å². The van der Waals surface area contributed by atoms with Gasteiger partial charge in [-0.15, -0.1) is 0 Å². The summed E-state index contributed by atoms with van der Waals surface area (Å²) in [5.74, 6) is 0.753. The number of hydrogen-bond acceptors (Lipinski definition) is 2. The molecular weight excluding hydrogens is 193 g/mol. The van der Waals surface area contributed by atoms with Crippen LogP contribution in [0.1, 0.15) is 18.9 Å². The van der Waals surface area contributed by atoms with Gasteiger partial charge in [0.05, 0.1) is 7.11 Å². The van der Waals surface area contributed by atoms with E-state index in [0.29, 0.717) is 18.5 Å². The van der Waals surface area contributed by atoms with Gasteiger partial charge >= 0.3 is 0 Å². The van der Waals surface area contributed by atoms with Crippen molar-refractivity contribution < 1.29 is 9.13 Å². The van der Waals surface area contributed by atoms with E-state index in [4.69, 9.17) is 4.74 Å². The van der Waals surface area contributed by atoms with E-state index < -0.39 is 5.67 Å². The van der Waals surface area contributed by atoms with Crippen LogP contribution in [0.4, 0.5) is 4.39 Å². The van der Waals surface area contributed by atoms with Gasteiger partial charge in [-0.3, -0.25) is 0 Å². The highest BCUT2D eigenvalue weighted by molar-refractivity contribution is 5.30. The van der Waals surface area contributed by atoms with Crippen LogP contribution in [0.2, 0.25) is 0 Å². The largest absolute Gasteiger partial charge is 0.497 e. The highest BCUT2D eigenvalue weighted by atomic mass is 19.1. The molecule has 0 amide bonds. The number of methoxy groups -OCH3 is 1. The molecule has 0 bridgehead atoms. The van der Waals surface area contributed by atoms with Gasteiger partial charge in [0.1, 0.15) is 11.4 Å². The molecule has 0 aliphatic rings. The second-order valence-electron chi connectivity index (χ2n) is 3.78. The molecule has 3 heteroatoms. The van der Waals surface area contributed by atoms with Crippen LogP contribution in [0.3, 0.4) is 0 Å². The molecule has 1 aromatic carbocycles. The lowest BCUT2D eigenvalue weighted by Gasteiger charge is -2.20. The number of nitrogens with one attached hydrogen (secondary N) is 1. The van der Waals surface area contributed by atoms with Crippen LogP contribution in [-0.4, -0.2) is 20.7 Å². The van der Waals surface area contributed by atoms with Crippen LogP contribution in [0.25, 0.3) is 0 Å². The third-order valence-electron chi connectivity index (χ3n) is 2.54. The monoisotopic (exact) mass is 211 g/mol. The van der Waals surface area contributed by atoms with Gasteiger partial charge in [-0.2, -0.15) is 0 Å². The smallest absolute Gasteiger partial charge is 0.134 e. The minimum absolute atomic E-state index is 0.468. The topological polar surface area (TPSA) is 21.3 Å². The number of alkyl halides is 1. The van der Waals surface area contributed by atoms with Crippen LogP contribution in [0.5, 0.6) is 5.75 Å². The molecule has 0 spiro atoms. The Morgan fingerprint density at radius 2 is 1.93 bits per heavy atom. The van der Waals surface area contributed by atoms with Crippen molar-refractivity contribution in [2.24, 2.45) is 0 Å². The first-order valence-electron chi connectivity index (χ1n) is 5.08. The molecule has 2 nitrogen and oxygen atoms in total. The van der Waals surface area contributed by atoms with Crippen molar-refractivity contribution in [2.45, 2.75) is 19.0 Å². The first-order valence-corrected chi connectivity index (χ1v) is 5.08. The summed E-state index contributed by atoms with van der Waals surface area (Å²) in [4.78, 5) is 0. The maximum absolute atomic E-state index is 14.2. The molecule has 1 aromatic rings. The van der Waals surface area contributed by atoms with Crippen molar-refractivity contribution in [1.82, 2.24) is 5.32 Å². The predicted molar refractivity (Wildman–Crippen MR) is 60.0 cm³/mol. The first kappa shape index (κ1) is 12.0. The Balaban J connectivity index is 2.75. The van der Waals surface area contributed by atoms with E-state index in [1.807, 2.05) is 7.05 Å². The van der Waals surface area contributed by atoms with E-state index >= 15 is 0 Å². The van der Waals surface area contributed by atoms with Crippen molar-refractivity contribution in [3.05, 3.63) is 29.8 Å². The van der Waals surface area contributed by atoms with Crippen LogP contribution >= 0.6 is 0 Å². The fraction of sp³-hybridized carbons (Fsp3) is 0.500. The van der Waals surface area contributed by atoms with Gasteiger partial charge < -0.3 is 10.1 Å². The molecule has 0 aliphatic heterocycles. The van der Waals surface area contributed by atoms with Gasteiger partial charge in [0.2, 0.25) is 0 Å². The summed E-state index contributed by atoms with van der Waals surface area (Å²) in [6.07, 6.45) is 0.468. The number of ether oxygens (including phenoxy) is 1. The normalized spacial score (nSPS) is 14.7. The van der Waals surface area contributed by atoms with E-state index in [9.17, 15) is 4.39 Å². The summed E-state index contributed by atoms with van der Waals surface area (Å²) in [6, 6.07) is 7.11. The number of benzene rings is 1. The van der Waals surface area contributed by atoms with E-state index in [1.54, 1.807) is 38.3 Å². The van der Waals surface area contributed by atoms with Crippen molar-refractivity contribution >= 4 is 0 Å². The Morgan fingerprint density at radius 1 is 1.33 bits per heavy atom. The Bertz CT molecular complexity index is 295. The molecule has 0 aromatic heterocycles. The first-order chi connectivity index (χ1) is 7.10. The van der Waals surface area contributed by atoms with E-state index in [-0.39, 0.29) is 0 Å². The Morgan fingerprint density at radius 3 is 2.40 bits per heavy atom. The zero-order valence-corrected chi connectivity index (χ0v) is 9.51. The highest BCUT2D eigenvalue weighted by Gasteiger charge is 2.24. The maximum atomic E-state index is 14.2. The van der Waals surface area contributed by atoms with Crippen LogP contribution in [0.15, 0.2) is 24.3 Å². The highest BCUT2D eigenvalue weighted by Crippen LogP contribution is 2.29. The van der Waals surface area contributed by atoms with E-state index in [2.05, 4.69) is 5.32 Å². The SMILES string of the molecule is CNCCC(C)(F)c1ccc(OC)cc1. The van der Waals surface area contributed by atoms with Crippen LogP contribution < -0.4 is 10.1 Å². The second kappa shape index (κ2) is 5.12. The average Bonchev–Trinajstić information content (AvgIpc) is 2.26. The van der Waals surface area contributed by atoms with Crippen LogP contribution in [0, 0.1) is 0 Å². The van der Waals surface area contributed by atoms with E-state index in [0.717, 1.165) is 5.75 Å². The van der Waals surface area contributed by atoms with Gasteiger partial charge in [0.25, 0.3) is 0 Å². The molecule has 1 rings (SSSR count). The summed E-state index contributed by atoms with van der Waals surface area (Å²) in [5.41, 5.74) is -0.589. The third-order valence-corrected chi connectivity index (χ3v) is 2.54. The van der Waals surface area contributed by atoms with Gasteiger partial charge in [-0.25, -0.2) is 4.39 Å². The molecule has 0 heterocycles. The zero-order valence-electron chi connectivity index (χ0n) is 9.51. The third kappa shape index (κ3) is 3.20. The predicted octanol–water partition coefficient (Wildman–Crippen LogP) is 2.49. The fourth-order valence-electron chi connectivity index (χ4n) is 1.44. The van der Waals surface area contributed by atoms with Gasteiger partial charge in [0.15, 0.2) is 0 Å². The minimum Gasteiger partial charge on any atom is -0.497 e. The Hall–Kier alpha value is -1.09. The summed E-state index contributed by atoms with van der Waals surface area (Å²) in [7, 11) is 3.43. The molecule has 15 heavy (non-hydrogen) atoms. The quantitative estimate of drug-likeness (QED) is 0.808. The molecule has 1 N–H and O–H groups in total. The summed E-state index contributed by atoms with van der Waals surface area (Å²) >= 11 is 0. The standard InChI is InChI=1S/C12H18FNO/c1-12(13,8-9-14-2)10-4-6-11(15-3)7-5-10/h4-7,14H,8-9H2,1-3H3. The van der Waals surface area contributed by atoms with E-state index in [1.165, 1.54) is 0 Å². The molecular formula is C12H18FNO. The van der Waals surface area contributed by atoms with Crippen LogP contribution in [-0.2, 0) is 5.67 Å². The Labute approximate surface area is 90.4 Å². The average molecular weight is 211 g/mol. The lowest BCUT2D eigenvalue weighted by Crippen LogP contribution is -2.22. The molecule has 1 atom stereocenters. The summed E-state index contributed by atoms with van der Waals surface area (Å²) in [5, 5.41) is 2.95. The molecule has 0 fully saturated rings. The fourth-order valence-corrected chi connectivity index (χ4v) is 1.44. The minimum atomic E-state index is -1.28. The lowest BCUT2D eigenvalue weighted by molar-refractivity contribution is 0.177. The maximum Gasteiger partial charge on any atom is 0.134 e. The Kier molecular flexibility index (Phi) is 4.09. The van der Waals surface area contributed by atoms with Gasteiger partial charge in [-0.05, 0) is 44.6 Å². The zero-order chi connectivity index (χ0) is 11.3. The number of hydrogen-bond donors (Lipinski definition) is 1. The van der Waals surface area contributed by atoms with Gasteiger partial charge in [0, 0.05) is 0 Å². The molecule has 0 saturated carbocycles. The molecule has 1 unspecified atom stereocenters. The van der Waals surface area contributed by atoms with Gasteiger partial charge in [-0.1, -0.05) is 12.1 Å². The summed E-state index contributed by atoms with van der Waals surface area (Å²) in [6.45, 7) is 2.27. The molecule has 0 saturated heterocycles. The number of halogens is 1. The van der Waals surface area contributed by atoms with Crippen molar-refractivity contribution in [3.63, 3.8) is 0 Å². The summed E-state index contributed by atoms with van der Waals surface area (Å²) < 4.78 is 19.2. The van der Waals surface area contributed by atoms with Crippen molar-refractivity contribution in [2.75, 3.05) is 20.7 Å². The second-order valence-corrected chi connectivity index (χ2v) is 3.78. The molecule has 0 radical (unpaired) electrons. The lowest BCUT2D eigenvalue weighted by atomic mass is 9.94.